The average Bonchev–Trinajstić information content (AvgIpc) is 2.69. The highest BCUT2D eigenvalue weighted by atomic mass is 14.9. The lowest BCUT2D eigenvalue weighted by molar-refractivity contribution is 1.15. The summed E-state index contributed by atoms with van der Waals surface area (Å²) in [6.07, 6.45) is 7.39. The van der Waals surface area contributed by atoms with Gasteiger partial charge in [0, 0.05) is 11.1 Å². The first kappa shape index (κ1) is 17.8. The molecule has 0 fully saturated rings. The van der Waals surface area contributed by atoms with Gasteiger partial charge in [0.2, 0.25) is 0 Å². The maximum absolute atomic E-state index is 4.85. The minimum absolute atomic E-state index is 0.755. The zero-order chi connectivity index (χ0) is 18.4. The third kappa shape index (κ3) is 4.15. The Bertz CT molecular complexity index is 920. The van der Waals surface area contributed by atoms with E-state index in [1.54, 1.807) is 0 Å². The molecule has 0 bridgehead atoms. The van der Waals surface area contributed by atoms with Gasteiger partial charge in [0.05, 0.1) is 11.4 Å². The van der Waals surface area contributed by atoms with Crippen LogP contribution in [0.1, 0.15) is 31.5 Å². The molecule has 0 saturated heterocycles. The summed E-state index contributed by atoms with van der Waals surface area (Å²) in [4.78, 5) is 9.69. The van der Waals surface area contributed by atoms with Crippen molar-refractivity contribution < 1.29 is 0 Å². The molecule has 0 N–H and O–H groups in total. The normalized spacial score (nSPS) is 11.9. The minimum atomic E-state index is 0.755. The maximum Gasteiger partial charge on any atom is 0.160 e. The standard InChI is InChI=1S/C24H24N2/c1-4-6-10-19(5-2)22-17-23(20-11-8-7-9-12-20)26-24(25-22)21-15-13-18(3)14-16-21/h5-17H,4H2,1-3H3/b10-6-,19-5+. The van der Waals surface area contributed by atoms with Crippen molar-refractivity contribution in [3.63, 3.8) is 0 Å². The third-order valence-electron chi connectivity index (χ3n) is 4.25. The fourth-order valence-corrected chi connectivity index (χ4v) is 2.76. The van der Waals surface area contributed by atoms with Gasteiger partial charge in [-0.15, -0.1) is 0 Å². The van der Waals surface area contributed by atoms with Gasteiger partial charge in [-0.05, 0) is 31.9 Å². The number of aromatic nitrogens is 2. The second-order valence-corrected chi connectivity index (χ2v) is 6.25. The Hall–Kier alpha value is -3.00. The number of allylic oxidation sites excluding steroid dienone is 4. The lowest BCUT2D eigenvalue weighted by Gasteiger charge is -2.10. The lowest BCUT2D eigenvalue weighted by atomic mass is 10.1. The van der Waals surface area contributed by atoms with E-state index in [4.69, 9.17) is 9.97 Å². The van der Waals surface area contributed by atoms with Crippen LogP contribution in [0.15, 0.2) is 78.9 Å². The molecule has 26 heavy (non-hydrogen) atoms. The van der Waals surface area contributed by atoms with Gasteiger partial charge < -0.3 is 0 Å². The summed E-state index contributed by atoms with van der Waals surface area (Å²) in [5.74, 6) is 0.755. The van der Waals surface area contributed by atoms with Crippen LogP contribution in [0.2, 0.25) is 0 Å². The summed E-state index contributed by atoms with van der Waals surface area (Å²) in [6, 6.07) is 20.7. The molecule has 1 heterocycles. The highest BCUT2D eigenvalue weighted by Crippen LogP contribution is 2.26. The number of nitrogens with zero attached hydrogens (tertiary/aromatic N) is 2. The average molecular weight is 340 g/mol. The molecule has 0 amide bonds. The van der Waals surface area contributed by atoms with Crippen LogP contribution >= 0.6 is 0 Å². The summed E-state index contributed by atoms with van der Waals surface area (Å²) < 4.78 is 0. The van der Waals surface area contributed by atoms with Crippen molar-refractivity contribution in [1.82, 2.24) is 9.97 Å². The zero-order valence-electron chi connectivity index (χ0n) is 15.6. The predicted octanol–water partition coefficient (Wildman–Crippen LogP) is 6.49. The fourth-order valence-electron chi connectivity index (χ4n) is 2.76. The van der Waals surface area contributed by atoms with Gasteiger partial charge in [-0.2, -0.15) is 0 Å². The first-order valence-corrected chi connectivity index (χ1v) is 9.06. The SMILES string of the molecule is C/C=C(\C=C/CC)c1cc(-c2ccccc2)nc(-c2ccc(C)cc2)n1. The quantitative estimate of drug-likeness (QED) is 0.496. The van der Waals surface area contributed by atoms with Crippen molar-refractivity contribution in [2.45, 2.75) is 27.2 Å². The summed E-state index contributed by atoms with van der Waals surface area (Å²) in [5.41, 5.74) is 6.36. The van der Waals surface area contributed by atoms with E-state index >= 15 is 0 Å². The van der Waals surface area contributed by atoms with Gasteiger partial charge in [0.25, 0.3) is 0 Å². The molecule has 3 aromatic rings. The summed E-state index contributed by atoms with van der Waals surface area (Å²) >= 11 is 0. The molecular weight excluding hydrogens is 316 g/mol. The molecule has 2 aromatic carbocycles. The van der Waals surface area contributed by atoms with Crippen molar-refractivity contribution in [2.24, 2.45) is 0 Å². The molecule has 0 saturated carbocycles. The Balaban J connectivity index is 2.16. The smallest absolute Gasteiger partial charge is 0.160 e. The van der Waals surface area contributed by atoms with Crippen molar-refractivity contribution in [3.05, 3.63) is 90.1 Å². The van der Waals surface area contributed by atoms with Crippen molar-refractivity contribution in [2.75, 3.05) is 0 Å². The molecule has 2 heteroatoms. The first-order chi connectivity index (χ1) is 12.7. The Morgan fingerprint density at radius 2 is 1.65 bits per heavy atom. The molecule has 0 unspecified atom stereocenters. The minimum Gasteiger partial charge on any atom is -0.228 e. The lowest BCUT2D eigenvalue weighted by Crippen LogP contribution is -1.97. The van der Waals surface area contributed by atoms with E-state index < -0.39 is 0 Å². The van der Waals surface area contributed by atoms with E-state index in [0.717, 1.165) is 40.3 Å². The van der Waals surface area contributed by atoms with Crippen LogP contribution in [0, 0.1) is 6.92 Å². The molecule has 2 nitrogen and oxygen atoms in total. The van der Waals surface area contributed by atoms with Crippen LogP contribution in [-0.2, 0) is 0 Å². The van der Waals surface area contributed by atoms with Crippen molar-refractivity contribution in [3.8, 4) is 22.6 Å². The number of hydrogen-bond acceptors (Lipinski definition) is 2. The van der Waals surface area contributed by atoms with E-state index in [1.165, 1.54) is 5.56 Å². The van der Waals surface area contributed by atoms with Gasteiger partial charge in [0.15, 0.2) is 5.82 Å². The number of rotatable bonds is 5. The molecule has 1 aromatic heterocycles. The second-order valence-electron chi connectivity index (χ2n) is 6.25. The topological polar surface area (TPSA) is 25.8 Å². The molecule has 0 spiro atoms. The third-order valence-corrected chi connectivity index (χ3v) is 4.25. The van der Waals surface area contributed by atoms with Crippen molar-refractivity contribution >= 4 is 5.57 Å². The molecule has 0 radical (unpaired) electrons. The van der Waals surface area contributed by atoms with Crippen molar-refractivity contribution in [1.29, 1.82) is 0 Å². The number of benzene rings is 2. The fraction of sp³-hybridized carbons (Fsp3) is 0.167. The molecule has 0 aliphatic heterocycles. The van der Waals surface area contributed by atoms with Gasteiger partial charge >= 0.3 is 0 Å². The van der Waals surface area contributed by atoms with Gasteiger partial charge in [-0.1, -0.05) is 85.3 Å². The molecule has 0 aliphatic rings. The molecular formula is C24H24N2. The predicted molar refractivity (Wildman–Crippen MR) is 111 cm³/mol. The van der Waals surface area contributed by atoms with Gasteiger partial charge in [0.1, 0.15) is 0 Å². The molecule has 0 atom stereocenters. The van der Waals surface area contributed by atoms with Gasteiger partial charge in [-0.25, -0.2) is 9.97 Å². The first-order valence-electron chi connectivity index (χ1n) is 9.06. The zero-order valence-corrected chi connectivity index (χ0v) is 15.6. The van der Waals surface area contributed by atoms with E-state index in [-0.39, 0.29) is 0 Å². The Kier molecular flexibility index (Phi) is 5.75. The van der Waals surface area contributed by atoms with Crippen LogP contribution in [0.4, 0.5) is 0 Å². The Morgan fingerprint density at radius 1 is 0.923 bits per heavy atom. The Morgan fingerprint density at radius 3 is 2.31 bits per heavy atom. The summed E-state index contributed by atoms with van der Waals surface area (Å²) in [7, 11) is 0. The van der Waals surface area contributed by atoms with Crippen LogP contribution in [0.25, 0.3) is 28.2 Å². The molecule has 3 rings (SSSR count). The molecule has 130 valence electrons. The monoisotopic (exact) mass is 340 g/mol. The molecule has 0 aliphatic carbocycles. The number of hydrogen-bond donors (Lipinski definition) is 0. The Labute approximate surface area is 156 Å². The highest BCUT2D eigenvalue weighted by molar-refractivity contribution is 5.76. The van der Waals surface area contributed by atoms with E-state index in [0.29, 0.717) is 0 Å². The summed E-state index contributed by atoms with van der Waals surface area (Å²) in [5, 5.41) is 0. The van der Waals surface area contributed by atoms with Gasteiger partial charge in [-0.3, -0.25) is 0 Å². The highest BCUT2D eigenvalue weighted by Gasteiger charge is 2.10. The van der Waals surface area contributed by atoms with Crippen LogP contribution < -0.4 is 0 Å². The second kappa shape index (κ2) is 8.39. The van der Waals surface area contributed by atoms with Crippen LogP contribution in [0.3, 0.4) is 0 Å². The van der Waals surface area contributed by atoms with Crippen LogP contribution in [0.5, 0.6) is 0 Å². The van der Waals surface area contributed by atoms with E-state index in [2.05, 4.69) is 74.5 Å². The summed E-state index contributed by atoms with van der Waals surface area (Å²) in [6.45, 7) is 6.27. The van der Waals surface area contributed by atoms with E-state index in [9.17, 15) is 0 Å². The van der Waals surface area contributed by atoms with E-state index in [1.807, 2.05) is 25.1 Å². The largest absolute Gasteiger partial charge is 0.228 e. The van der Waals surface area contributed by atoms with Crippen LogP contribution in [-0.4, -0.2) is 9.97 Å². The maximum atomic E-state index is 4.85. The number of aryl methyl sites for hydroxylation is 1.